The Labute approximate surface area is 125 Å². The van der Waals surface area contributed by atoms with Gasteiger partial charge in [0.05, 0.1) is 21.6 Å². The van der Waals surface area contributed by atoms with Gasteiger partial charge in [-0.05, 0) is 31.5 Å². The summed E-state index contributed by atoms with van der Waals surface area (Å²) in [6.07, 6.45) is 1.68. The molecule has 0 aliphatic rings. The molecule has 2 nitrogen and oxygen atoms in total. The number of benzene rings is 1. The summed E-state index contributed by atoms with van der Waals surface area (Å²) in [5, 5.41) is 0.386. The van der Waals surface area contributed by atoms with Gasteiger partial charge in [0.25, 0.3) is 0 Å². The van der Waals surface area contributed by atoms with Crippen LogP contribution in [-0.4, -0.2) is 9.97 Å². The second-order valence-electron chi connectivity index (χ2n) is 4.82. The third kappa shape index (κ3) is 2.25. The van der Waals surface area contributed by atoms with E-state index in [0.29, 0.717) is 11.3 Å². The second-order valence-corrected chi connectivity index (χ2v) is 5.20. The van der Waals surface area contributed by atoms with Crippen LogP contribution in [0.2, 0.25) is 5.02 Å². The van der Waals surface area contributed by atoms with Crippen molar-refractivity contribution in [3.8, 4) is 11.3 Å². The minimum atomic E-state index is -0.708. The van der Waals surface area contributed by atoms with Crippen LogP contribution in [0.4, 0.5) is 8.78 Å². The number of halogens is 3. The third-order valence-corrected chi connectivity index (χ3v) is 3.90. The summed E-state index contributed by atoms with van der Waals surface area (Å²) >= 11 is 6.27. The van der Waals surface area contributed by atoms with Crippen LogP contribution in [-0.2, 0) is 0 Å². The fraction of sp³-hybridized carbons (Fsp3) is 0.125. The number of aryl methyl sites for hydroxylation is 1. The number of aromatic nitrogens is 2. The van der Waals surface area contributed by atoms with E-state index < -0.39 is 11.6 Å². The maximum atomic E-state index is 13.9. The molecule has 0 spiro atoms. The first-order valence-electron chi connectivity index (χ1n) is 6.36. The lowest BCUT2D eigenvalue weighted by atomic mass is 10.0. The molecule has 0 aliphatic heterocycles. The summed E-state index contributed by atoms with van der Waals surface area (Å²) in [6, 6.07) is 5.63. The number of nitrogens with zero attached hydrogens (tertiary/aromatic N) is 2. The highest BCUT2D eigenvalue weighted by Gasteiger charge is 2.17. The zero-order valence-electron chi connectivity index (χ0n) is 11.4. The Bertz CT molecular complexity index is 863. The molecular weight excluding hydrogens is 294 g/mol. The molecule has 0 saturated carbocycles. The molecule has 0 N–H and O–H groups in total. The number of pyridine rings is 2. The Morgan fingerprint density at radius 3 is 2.62 bits per heavy atom. The van der Waals surface area contributed by atoms with Crippen LogP contribution in [0.25, 0.3) is 22.2 Å². The Morgan fingerprint density at radius 1 is 1.14 bits per heavy atom. The van der Waals surface area contributed by atoms with Gasteiger partial charge >= 0.3 is 0 Å². The first-order valence-corrected chi connectivity index (χ1v) is 6.73. The van der Waals surface area contributed by atoms with E-state index in [4.69, 9.17) is 11.6 Å². The lowest BCUT2D eigenvalue weighted by Crippen LogP contribution is -1.97. The predicted octanol–water partition coefficient (Wildman–Crippen LogP) is 4.85. The molecule has 0 fully saturated rings. The van der Waals surface area contributed by atoms with Crippen LogP contribution in [0.15, 0.2) is 30.5 Å². The van der Waals surface area contributed by atoms with E-state index in [9.17, 15) is 8.78 Å². The molecule has 106 valence electrons. The van der Waals surface area contributed by atoms with E-state index in [1.54, 1.807) is 19.2 Å². The molecule has 0 saturated heterocycles. The van der Waals surface area contributed by atoms with Crippen molar-refractivity contribution < 1.29 is 8.78 Å². The van der Waals surface area contributed by atoms with Crippen molar-refractivity contribution in [3.63, 3.8) is 0 Å². The number of hydrogen-bond acceptors (Lipinski definition) is 2. The normalized spacial score (nSPS) is 11.1. The van der Waals surface area contributed by atoms with E-state index >= 15 is 0 Å². The van der Waals surface area contributed by atoms with Gasteiger partial charge in [0.2, 0.25) is 0 Å². The van der Waals surface area contributed by atoms with Crippen molar-refractivity contribution in [2.75, 3.05) is 0 Å². The van der Waals surface area contributed by atoms with Gasteiger partial charge in [0.1, 0.15) is 11.6 Å². The topological polar surface area (TPSA) is 25.8 Å². The maximum absolute atomic E-state index is 13.9. The second kappa shape index (κ2) is 5.04. The van der Waals surface area contributed by atoms with Crippen LogP contribution in [0.1, 0.15) is 11.3 Å². The smallest absolute Gasteiger partial charge is 0.137 e. The Morgan fingerprint density at radius 2 is 1.90 bits per heavy atom. The van der Waals surface area contributed by atoms with Crippen LogP contribution in [0.3, 0.4) is 0 Å². The highest BCUT2D eigenvalue weighted by molar-refractivity contribution is 6.36. The van der Waals surface area contributed by atoms with Gasteiger partial charge in [0, 0.05) is 29.6 Å². The SMILES string of the molecule is Cc1ncccc1-c1nc2cc(F)cc(F)c2c(Cl)c1C. The third-order valence-electron chi connectivity index (χ3n) is 3.43. The van der Waals surface area contributed by atoms with Crippen LogP contribution < -0.4 is 0 Å². The summed E-state index contributed by atoms with van der Waals surface area (Å²) in [6.45, 7) is 3.61. The fourth-order valence-corrected chi connectivity index (χ4v) is 2.63. The Kier molecular flexibility index (Phi) is 3.33. The van der Waals surface area contributed by atoms with Gasteiger partial charge in [0.15, 0.2) is 0 Å². The number of hydrogen-bond donors (Lipinski definition) is 0. The lowest BCUT2D eigenvalue weighted by molar-refractivity contribution is 0.591. The van der Waals surface area contributed by atoms with E-state index in [0.717, 1.165) is 17.3 Å². The highest BCUT2D eigenvalue weighted by Crippen LogP contribution is 2.35. The summed E-state index contributed by atoms with van der Waals surface area (Å²) in [5.41, 5.74) is 3.00. The quantitative estimate of drug-likeness (QED) is 0.642. The first kappa shape index (κ1) is 13.9. The molecule has 2 heterocycles. The predicted molar refractivity (Wildman–Crippen MR) is 79.4 cm³/mol. The van der Waals surface area contributed by atoms with Crippen molar-refractivity contribution in [1.29, 1.82) is 0 Å². The van der Waals surface area contributed by atoms with Gasteiger partial charge in [-0.2, -0.15) is 0 Å². The first-order chi connectivity index (χ1) is 9.99. The van der Waals surface area contributed by atoms with Crippen LogP contribution in [0, 0.1) is 25.5 Å². The van der Waals surface area contributed by atoms with Crippen molar-refractivity contribution in [3.05, 3.63) is 58.4 Å². The average Bonchev–Trinajstić information content (AvgIpc) is 2.43. The zero-order valence-corrected chi connectivity index (χ0v) is 12.2. The molecule has 21 heavy (non-hydrogen) atoms. The van der Waals surface area contributed by atoms with Gasteiger partial charge in [-0.3, -0.25) is 4.98 Å². The molecule has 3 aromatic rings. The van der Waals surface area contributed by atoms with Gasteiger partial charge in [-0.25, -0.2) is 13.8 Å². The van der Waals surface area contributed by atoms with E-state index in [-0.39, 0.29) is 15.9 Å². The van der Waals surface area contributed by atoms with Gasteiger partial charge in [-0.1, -0.05) is 11.6 Å². The molecule has 0 unspecified atom stereocenters. The minimum absolute atomic E-state index is 0.140. The van der Waals surface area contributed by atoms with Crippen LogP contribution in [0.5, 0.6) is 0 Å². The number of rotatable bonds is 1. The molecule has 0 aliphatic carbocycles. The van der Waals surface area contributed by atoms with Crippen LogP contribution >= 0.6 is 11.6 Å². The lowest BCUT2D eigenvalue weighted by Gasteiger charge is -2.12. The van der Waals surface area contributed by atoms with Crippen molar-refractivity contribution in [1.82, 2.24) is 9.97 Å². The Balaban J connectivity index is 2.41. The average molecular weight is 305 g/mol. The summed E-state index contributed by atoms with van der Waals surface area (Å²) < 4.78 is 27.3. The minimum Gasteiger partial charge on any atom is -0.261 e. The standard InChI is InChI=1S/C16H11ClF2N2/c1-8-15(17)14-12(19)6-10(18)7-13(14)21-16(8)11-4-3-5-20-9(11)2/h3-7H,1-2H3. The van der Waals surface area contributed by atoms with Crippen molar-refractivity contribution >= 4 is 22.5 Å². The highest BCUT2D eigenvalue weighted by atomic mass is 35.5. The molecule has 2 aromatic heterocycles. The molecule has 0 radical (unpaired) electrons. The molecule has 0 atom stereocenters. The Hall–Kier alpha value is -2.07. The van der Waals surface area contributed by atoms with E-state index in [1.807, 2.05) is 13.0 Å². The zero-order chi connectivity index (χ0) is 15.1. The fourth-order valence-electron chi connectivity index (χ4n) is 2.36. The summed E-state index contributed by atoms with van der Waals surface area (Å²) in [7, 11) is 0. The van der Waals surface area contributed by atoms with E-state index in [2.05, 4.69) is 9.97 Å². The molecule has 0 bridgehead atoms. The molecule has 3 rings (SSSR count). The monoisotopic (exact) mass is 304 g/mol. The molecule has 5 heteroatoms. The van der Waals surface area contributed by atoms with Crippen molar-refractivity contribution in [2.24, 2.45) is 0 Å². The van der Waals surface area contributed by atoms with Gasteiger partial charge in [-0.15, -0.1) is 0 Å². The van der Waals surface area contributed by atoms with Gasteiger partial charge < -0.3 is 0 Å². The molecule has 1 aromatic carbocycles. The van der Waals surface area contributed by atoms with E-state index in [1.165, 1.54) is 6.07 Å². The maximum Gasteiger partial charge on any atom is 0.137 e. The largest absolute Gasteiger partial charge is 0.261 e. The summed E-state index contributed by atoms with van der Waals surface area (Å²) in [5.74, 6) is -1.39. The number of fused-ring (bicyclic) bond motifs is 1. The van der Waals surface area contributed by atoms with Crippen molar-refractivity contribution in [2.45, 2.75) is 13.8 Å². The molecule has 0 amide bonds. The molecular formula is C16H11ClF2N2. The summed E-state index contributed by atoms with van der Waals surface area (Å²) in [4.78, 5) is 8.59.